The zero-order chi connectivity index (χ0) is 25.0. The summed E-state index contributed by atoms with van der Waals surface area (Å²) in [6, 6.07) is 11.0. The number of benzene rings is 2. The van der Waals surface area contributed by atoms with Gasteiger partial charge < -0.3 is 8.74 Å². The summed E-state index contributed by atoms with van der Waals surface area (Å²) in [5.41, 5.74) is -11.3. The molecule has 0 bridgehead atoms. The van der Waals surface area contributed by atoms with Gasteiger partial charge in [0.25, 0.3) is 5.69 Å². The van der Waals surface area contributed by atoms with Crippen LogP contribution >= 0.6 is 0 Å². The van der Waals surface area contributed by atoms with E-state index in [2.05, 4.69) is 4.18 Å². The molecule has 2 aromatic carbocycles. The number of non-ortho nitro benzene ring substituents is 1. The summed E-state index contributed by atoms with van der Waals surface area (Å²) in [6.07, 6.45) is 0. The predicted octanol–water partition coefficient (Wildman–Crippen LogP) is 0.00300. The fraction of sp³-hybridized carbons (Fsp3) is 0.143. The lowest BCUT2D eigenvalue weighted by molar-refractivity contribution is -0.598. The average Bonchev–Trinajstić information content (AvgIpc) is 2.61. The molecule has 32 heavy (non-hydrogen) atoms. The van der Waals surface area contributed by atoms with Gasteiger partial charge in [0.2, 0.25) is 3.57 Å². The molecule has 0 unspecified atom stereocenters. The third kappa shape index (κ3) is 8.06. The molecule has 9 nitrogen and oxygen atoms in total. The molecular weight excluding hydrogens is 615 g/mol. The third-order valence-corrected chi connectivity index (χ3v) is 7.20. The van der Waals surface area contributed by atoms with Crippen molar-refractivity contribution in [2.24, 2.45) is 0 Å². The van der Waals surface area contributed by atoms with Gasteiger partial charge in [-0.25, -0.2) is 8.42 Å². The Bertz CT molecular complexity index is 1160. The zero-order valence-electron chi connectivity index (χ0n) is 14.8. The summed E-state index contributed by atoms with van der Waals surface area (Å²) in [7, 11) is -11.8. The van der Waals surface area contributed by atoms with Gasteiger partial charge in [-0.1, -0.05) is 12.1 Å². The van der Waals surface area contributed by atoms with E-state index in [4.69, 9.17) is 13.0 Å². The van der Waals surface area contributed by atoms with Gasteiger partial charge in [0, 0.05) is 12.1 Å². The Balaban J connectivity index is 0.000000547. The fourth-order valence-corrected chi connectivity index (χ4v) is 4.46. The van der Waals surface area contributed by atoms with Gasteiger partial charge in [-0.2, -0.15) is 34.8 Å². The van der Waals surface area contributed by atoms with E-state index in [1.165, 1.54) is 42.5 Å². The number of halogens is 7. The number of nitro groups is 1. The number of nitrogens with zero attached hydrogens (tertiary/aromatic N) is 1. The maximum absolute atomic E-state index is 12.4. The molecule has 2 rings (SSSR count). The summed E-state index contributed by atoms with van der Waals surface area (Å²) in [5.74, 6) is -0.402. The second kappa shape index (κ2) is 10.2. The van der Waals surface area contributed by atoms with Gasteiger partial charge in [0.15, 0.2) is 19.4 Å². The first-order valence-electron chi connectivity index (χ1n) is 7.36. The predicted molar refractivity (Wildman–Crippen MR) is 88.3 cm³/mol. The highest BCUT2D eigenvalue weighted by atomic mass is 127. The van der Waals surface area contributed by atoms with Crippen molar-refractivity contribution in [3.63, 3.8) is 0 Å². The third-order valence-electron chi connectivity index (χ3n) is 2.85. The standard InChI is InChI=1S/C13H8F3INO5S.CHF3O3S/c14-13(15,16)24(21,22)23-12-4-2-1-3-11(12)17-9-5-7-10(8-6-9)18(19)20;2-1(3,4)8(5,6)7/h1-8H;(H,5,6,7)/q+1;/p-1. The van der Waals surface area contributed by atoms with Crippen LogP contribution in [0.2, 0.25) is 0 Å². The van der Waals surface area contributed by atoms with Gasteiger partial charge >= 0.3 is 42.3 Å². The first-order chi connectivity index (χ1) is 14.3. The number of nitro benzene ring substituents is 1. The van der Waals surface area contributed by atoms with Crippen molar-refractivity contribution in [2.45, 2.75) is 11.0 Å². The van der Waals surface area contributed by atoms with Crippen LogP contribution in [0.4, 0.5) is 32.0 Å². The maximum Gasteiger partial charge on any atom is 0.534 e. The Hall–Kier alpha value is -2.19. The van der Waals surface area contributed by atoms with Crippen LogP contribution < -0.4 is 25.4 Å². The molecule has 0 saturated heterocycles. The second-order valence-electron chi connectivity index (χ2n) is 5.14. The van der Waals surface area contributed by atoms with Crippen LogP contribution in [0.1, 0.15) is 0 Å². The van der Waals surface area contributed by atoms with Crippen molar-refractivity contribution >= 4 is 25.9 Å². The van der Waals surface area contributed by atoms with Gasteiger partial charge in [-0.3, -0.25) is 10.1 Å². The molecule has 0 aliphatic carbocycles. The summed E-state index contributed by atoms with van der Waals surface area (Å²) >= 11 is -1.10. The molecule has 18 heteroatoms. The molecule has 0 aliphatic rings. The quantitative estimate of drug-likeness (QED) is 0.0862. The van der Waals surface area contributed by atoms with Crippen LogP contribution in [0.15, 0.2) is 48.5 Å². The van der Waals surface area contributed by atoms with E-state index in [9.17, 15) is 44.9 Å². The zero-order valence-corrected chi connectivity index (χ0v) is 18.6. The first kappa shape index (κ1) is 27.8. The number of rotatable bonds is 5. The molecule has 2 aromatic rings. The Morgan fingerprint density at radius 1 is 0.844 bits per heavy atom. The van der Waals surface area contributed by atoms with Crippen LogP contribution in [0.3, 0.4) is 0 Å². The smallest absolute Gasteiger partial charge is 0.534 e. The van der Waals surface area contributed by atoms with Crippen LogP contribution in [-0.4, -0.2) is 37.3 Å². The lowest BCUT2D eigenvalue weighted by Crippen LogP contribution is -3.61. The van der Waals surface area contributed by atoms with Gasteiger partial charge in [-0.05, 0) is 24.3 Å². The Morgan fingerprint density at radius 2 is 1.31 bits per heavy atom. The molecule has 0 N–H and O–H groups in total. The molecular formula is C14H8F6INO8S2. The van der Waals surface area contributed by atoms with E-state index in [0.717, 1.165) is 6.07 Å². The van der Waals surface area contributed by atoms with E-state index < -0.39 is 63.1 Å². The number of hydrogen-bond acceptors (Lipinski definition) is 8. The molecule has 0 atom stereocenters. The van der Waals surface area contributed by atoms with E-state index in [1.54, 1.807) is 0 Å². The molecule has 0 aliphatic heterocycles. The van der Waals surface area contributed by atoms with Crippen molar-refractivity contribution in [1.29, 1.82) is 0 Å². The summed E-state index contributed by atoms with van der Waals surface area (Å²) in [5, 5.41) is 10.6. The highest BCUT2D eigenvalue weighted by Crippen LogP contribution is 2.26. The SMILES string of the molecule is O=S(=O)([O-])C(F)(F)F.O=[N+]([O-])c1ccc([I+]c2ccccc2OS(=O)(=O)C(F)(F)F)cc1. The van der Waals surface area contributed by atoms with Crippen molar-refractivity contribution in [1.82, 2.24) is 0 Å². The summed E-state index contributed by atoms with van der Waals surface area (Å²) in [4.78, 5) is 10.0. The Kier molecular flexibility index (Phi) is 8.85. The summed E-state index contributed by atoms with van der Waals surface area (Å²) in [6.45, 7) is 0. The van der Waals surface area contributed by atoms with Gasteiger partial charge in [0.05, 0.1) is 4.92 Å². The van der Waals surface area contributed by atoms with E-state index in [1.807, 2.05) is 0 Å². The van der Waals surface area contributed by atoms with Crippen LogP contribution in [-0.2, 0) is 20.2 Å². The largest absolute Gasteiger partial charge is 0.741 e. The van der Waals surface area contributed by atoms with Crippen molar-refractivity contribution in [2.75, 3.05) is 0 Å². The molecule has 0 amide bonds. The molecule has 0 fully saturated rings. The monoisotopic (exact) mass is 623 g/mol. The van der Waals surface area contributed by atoms with Crippen LogP contribution in [0.5, 0.6) is 5.75 Å². The summed E-state index contributed by atoms with van der Waals surface area (Å²) < 4.78 is 124. The highest BCUT2D eigenvalue weighted by molar-refractivity contribution is 7.88. The van der Waals surface area contributed by atoms with E-state index in [-0.39, 0.29) is 5.69 Å². The average molecular weight is 623 g/mol. The molecule has 0 saturated carbocycles. The number of hydrogen-bond donors (Lipinski definition) is 0. The molecule has 0 radical (unpaired) electrons. The van der Waals surface area contributed by atoms with Crippen molar-refractivity contribution in [3.8, 4) is 5.75 Å². The molecule has 0 aromatic heterocycles. The Morgan fingerprint density at radius 3 is 1.72 bits per heavy atom. The normalized spacial score (nSPS) is 12.5. The topological polar surface area (TPSA) is 144 Å². The van der Waals surface area contributed by atoms with Crippen LogP contribution in [0.25, 0.3) is 0 Å². The molecule has 0 spiro atoms. The maximum atomic E-state index is 12.4. The van der Waals surface area contributed by atoms with E-state index in [0.29, 0.717) is 7.14 Å². The van der Waals surface area contributed by atoms with Gasteiger partial charge in [0.1, 0.15) is 0 Å². The first-order valence-corrected chi connectivity index (χ1v) is 12.3. The number of alkyl halides is 6. The minimum Gasteiger partial charge on any atom is -0.741 e. The fourth-order valence-electron chi connectivity index (χ4n) is 1.50. The minimum atomic E-state index is -6.09. The van der Waals surface area contributed by atoms with Gasteiger partial charge in [-0.15, -0.1) is 0 Å². The number of para-hydroxylation sites is 1. The lowest BCUT2D eigenvalue weighted by atomic mass is 10.3. The van der Waals surface area contributed by atoms with Crippen molar-refractivity contribution in [3.05, 3.63) is 65.8 Å². The molecule has 0 heterocycles. The minimum absolute atomic E-state index is 0.119. The Labute approximate surface area is 186 Å². The highest BCUT2D eigenvalue weighted by Gasteiger charge is 2.49. The lowest BCUT2D eigenvalue weighted by Gasteiger charge is -2.08. The van der Waals surface area contributed by atoms with Crippen molar-refractivity contribution < 1.29 is 78.0 Å². The molecule has 178 valence electrons. The second-order valence-corrected chi connectivity index (χ2v) is 11.0. The van der Waals surface area contributed by atoms with E-state index >= 15 is 0 Å². The van der Waals surface area contributed by atoms with Crippen LogP contribution in [0, 0.1) is 17.3 Å².